The van der Waals surface area contributed by atoms with Gasteiger partial charge in [0.2, 0.25) is 0 Å². The molecule has 0 bridgehead atoms. The van der Waals surface area contributed by atoms with Crippen LogP contribution >= 0.6 is 0 Å². The highest BCUT2D eigenvalue weighted by molar-refractivity contribution is 5.93. The van der Waals surface area contributed by atoms with Gasteiger partial charge in [-0.1, -0.05) is 0 Å². The van der Waals surface area contributed by atoms with Crippen LogP contribution in [0.4, 0.5) is 10.5 Å². The fourth-order valence-corrected chi connectivity index (χ4v) is 2.17. The second-order valence-electron chi connectivity index (χ2n) is 4.88. The Kier molecular flexibility index (Phi) is 4.64. The predicted octanol–water partition coefficient (Wildman–Crippen LogP) is 1.78. The molecule has 7 heteroatoms. The van der Waals surface area contributed by atoms with E-state index in [0.717, 1.165) is 18.9 Å². The van der Waals surface area contributed by atoms with Crippen molar-refractivity contribution < 1.29 is 24.5 Å². The van der Waals surface area contributed by atoms with Crippen molar-refractivity contribution in [3.05, 3.63) is 23.8 Å². The Balaban J connectivity index is 1.85. The summed E-state index contributed by atoms with van der Waals surface area (Å²) >= 11 is 0. The molecule has 0 heterocycles. The number of carbonyl (C=O) groups is 2. The van der Waals surface area contributed by atoms with Gasteiger partial charge in [0.15, 0.2) is 0 Å². The predicted molar refractivity (Wildman–Crippen MR) is 75.7 cm³/mol. The molecule has 1 fully saturated rings. The van der Waals surface area contributed by atoms with Crippen molar-refractivity contribution >= 4 is 17.7 Å². The molecule has 0 unspecified atom stereocenters. The van der Waals surface area contributed by atoms with Gasteiger partial charge in [-0.05, 0) is 38.0 Å². The van der Waals surface area contributed by atoms with Crippen molar-refractivity contribution in [2.75, 3.05) is 11.9 Å². The SMILES string of the molecule is CCOC1CC(NC(=O)Nc2ccc(C(=O)O)cc2O)C1. The lowest BCUT2D eigenvalue weighted by Crippen LogP contribution is -2.49. The minimum Gasteiger partial charge on any atom is -0.506 e. The fraction of sp³-hybridized carbons (Fsp3) is 0.429. The summed E-state index contributed by atoms with van der Waals surface area (Å²) in [4.78, 5) is 22.5. The summed E-state index contributed by atoms with van der Waals surface area (Å²) in [6, 6.07) is 3.37. The van der Waals surface area contributed by atoms with Crippen LogP contribution < -0.4 is 10.6 Å². The number of amides is 2. The number of rotatable bonds is 5. The van der Waals surface area contributed by atoms with E-state index in [-0.39, 0.29) is 29.1 Å². The van der Waals surface area contributed by atoms with Gasteiger partial charge in [-0.2, -0.15) is 0 Å². The number of nitrogens with one attached hydrogen (secondary N) is 2. The van der Waals surface area contributed by atoms with E-state index in [0.29, 0.717) is 6.61 Å². The maximum absolute atomic E-state index is 11.8. The Morgan fingerprint density at radius 3 is 2.67 bits per heavy atom. The first-order chi connectivity index (χ1) is 9.99. The van der Waals surface area contributed by atoms with Gasteiger partial charge >= 0.3 is 12.0 Å². The van der Waals surface area contributed by atoms with Gasteiger partial charge in [0.1, 0.15) is 5.75 Å². The zero-order chi connectivity index (χ0) is 15.4. The quantitative estimate of drug-likeness (QED) is 0.619. The van der Waals surface area contributed by atoms with Gasteiger partial charge < -0.3 is 25.6 Å². The number of aromatic carboxylic acids is 1. The Hall–Kier alpha value is -2.28. The van der Waals surface area contributed by atoms with Gasteiger partial charge in [0, 0.05) is 12.6 Å². The van der Waals surface area contributed by atoms with Crippen molar-refractivity contribution in [3.63, 3.8) is 0 Å². The van der Waals surface area contributed by atoms with Crippen LogP contribution in [0.2, 0.25) is 0 Å². The summed E-state index contributed by atoms with van der Waals surface area (Å²) in [6.45, 7) is 2.59. The summed E-state index contributed by atoms with van der Waals surface area (Å²) in [5.41, 5.74) is 0.121. The lowest BCUT2D eigenvalue weighted by molar-refractivity contribution is -0.00673. The minimum atomic E-state index is -1.14. The number of hydrogen-bond acceptors (Lipinski definition) is 4. The summed E-state index contributed by atoms with van der Waals surface area (Å²) in [5, 5.41) is 23.7. The number of carboxylic acids is 1. The van der Waals surface area contributed by atoms with Crippen molar-refractivity contribution in [2.24, 2.45) is 0 Å². The number of anilines is 1. The normalized spacial score (nSPS) is 20.4. The van der Waals surface area contributed by atoms with Crippen molar-refractivity contribution in [1.82, 2.24) is 5.32 Å². The molecule has 7 nitrogen and oxygen atoms in total. The summed E-state index contributed by atoms with van der Waals surface area (Å²) < 4.78 is 5.40. The van der Waals surface area contributed by atoms with E-state index < -0.39 is 12.0 Å². The van der Waals surface area contributed by atoms with Crippen LogP contribution in [0.15, 0.2) is 18.2 Å². The van der Waals surface area contributed by atoms with Crippen molar-refractivity contribution in [2.45, 2.75) is 31.9 Å². The zero-order valence-corrected chi connectivity index (χ0v) is 11.6. The number of aromatic hydroxyl groups is 1. The molecule has 0 spiro atoms. The number of ether oxygens (including phenoxy) is 1. The maximum atomic E-state index is 11.8. The smallest absolute Gasteiger partial charge is 0.335 e. The van der Waals surface area contributed by atoms with Gasteiger partial charge in [0.05, 0.1) is 17.4 Å². The van der Waals surface area contributed by atoms with Crippen LogP contribution in [0, 0.1) is 0 Å². The zero-order valence-electron chi connectivity index (χ0n) is 11.6. The van der Waals surface area contributed by atoms with Crippen molar-refractivity contribution in [1.29, 1.82) is 0 Å². The topological polar surface area (TPSA) is 108 Å². The average Bonchev–Trinajstić information content (AvgIpc) is 2.38. The van der Waals surface area contributed by atoms with Gasteiger partial charge in [-0.3, -0.25) is 0 Å². The highest BCUT2D eigenvalue weighted by atomic mass is 16.5. The van der Waals surface area contributed by atoms with E-state index in [1.165, 1.54) is 12.1 Å². The first-order valence-electron chi connectivity index (χ1n) is 6.75. The average molecular weight is 294 g/mol. The van der Waals surface area contributed by atoms with Crippen LogP contribution in [0.3, 0.4) is 0 Å². The number of phenolic OH excluding ortho intramolecular Hbond substituents is 1. The van der Waals surface area contributed by atoms with Crippen LogP contribution in [-0.2, 0) is 4.74 Å². The molecule has 1 aliphatic rings. The number of hydrogen-bond donors (Lipinski definition) is 4. The minimum absolute atomic E-state index is 0.0444. The first kappa shape index (κ1) is 15.1. The number of carbonyl (C=O) groups excluding carboxylic acids is 1. The van der Waals surface area contributed by atoms with E-state index in [1.807, 2.05) is 6.92 Å². The second-order valence-corrected chi connectivity index (χ2v) is 4.88. The molecule has 0 aromatic heterocycles. The van der Waals surface area contributed by atoms with E-state index in [4.69, 9.17) is 9.84 Å². The summed E-state index contributed by atoms with van der Waals surface area (Å²) in [6.07, 6.45) is 1.74. The highest BCUT2D eigenvalue weighted by Crippen LogP contribution is 2.26. The molecular formula is C14H18N2O5. The van der Waals surface area contributed by atoms with E-state index in [2.05, 4.69) is 10.6 Å². The van der Waals surface area contributed by atoms with E-state index in [1.54, 1.807) is 0 Å². The molecule has 1 aromatic rings. The standard InChI is InChI=1S/C14H18N2O5/c1-2-21-10-6-9(7-10)15-14(20)16-11-4-3-8(13(18)19)5-12(11)17/h3-5,9-10,17H,2,6-7H2,1H3,(H,18,19)(H2,15,16,20). The molecule has 2 amide bonds. The monoisotopic (exact) mass is 294 g/mol. The molecule has 0 radical (unpaired) electrons. The molecule has 0 atom stereocenters. The molecule has 4 N–H and O–H groups in total. The molecule has 2 rings (SSSR count). The van der Waals surface area contributed by atoms with E-state index in [9.17, 15) is 14.7 Å². The molecule has 1 aromatic carbocycles. The highest BCUT2D eigenvalue weighted by Gasteiger charge is 2.30. The van der Waals surface area contributed by atoms with Gasteiger partial charge in [-0.25, -0.2) is 9.59 Å². The lowest BCUT2D eigenvalue weighted by atomic mass is 9.89. The molecule has 1 aliphatic carbocycles. The summed E-state index contributed by atoms with van der Waals surface area (Å²) in [7, 11) is 0. The van der Waals surface area contributed by atoms with Crippen LogP contribution in [-0.4, -0.2) is 41.0 Å². The first-order valence-corrected chi connectivity index (χ1v) is 6.75. The Bertz CT molecular complexity index is 540. The van der Waals surface area contributed by atoms with Gasteiger partial charge in [-0.15, -0.1) is 0 Å². The molecular weight excluding hydrogens is 276 g/mol. The number of carboxylic acid groups (broad SMARTS) is 1. The third-order valence-electron chi connectivity index (χ3n) is 3.33. The molecule has 1 saturated carbocycles. The Labute approximate surface area is 121 Å². The summed E-state index contributed by atoms with van der Waals surface area (Å²) in [5.74, 6) is -1.43. The number of benzene rings is 1. The van der Waals surface area contributed by atoms with Crippen molar-refractivity contribution in [3.8, 4) is 5.75 Å². The van der Waals surface area contributed by atoms with Crippen LogP contribution in [0.5, 0.6) is 5.75 Å². The van der Waals surface area contributed by atoms with Crippen LogP contribution in [0.1, 0.15) is 30.1 Å². The number of urea groups is 1. The Morgan fingerprint density at radius 2 is 2.10 bits per heavy atom. The largest absolute Gasteiger partial charge is 0.506 e. The molecule has 114 valence electrons. The fourth-order valence-electron chi connectivity index (χ4n) is 2.17. The lowest BCUT2D eigenvalue weighted by Gasteiger charge is -2.35. The van der Waals surface area contributed by atoms with Crippen LogP contribution in [0.25, 0.3) is 0 Å². The van der Waals surface area contributed by atoms with Gasteiger partial charge in [0.25, 0.3) is 0 Å². The molecule has 21 heavy (non-hydrogen) atoms. The number of phenols is 1. The van der Waals surface area contributed by atoms with E-state index >= 15 is 0 Å². The third kappa shape index (κ3) is 3.85. The Morgan fingerprint density at radius 1 is 1.38 bits per heavy atom. The second kappa shape index (κ2) is 6.45. The molecule has 0 aliphatic heterocycles. The molecule has 0 saturated heterocycles. The maximum Gasteiger partial charge on any atom is 0.335 e. The third-order valence-corrected chi connectivity index (χ3v) is 3.33.